The molecule has 1 atom stereocenters. The largest absolute Gasteiger partial charge is 0.495 e. The fourth-order valence-corrected chi connectivity index (χ4v) is 5.22. The first kappa shape index (κ1) is 54.1. The lowest BCUT2D eigenvalue weighted by Gasteiger charge is -2.27. The van der Waals surface area contributed by atoms with E-state index in [1.54, 1.807) is 25.3 Å². The van der Waals surface area contributed by atoms with Crippen LogP contribution in [-0.4, -0.2) is 75.9 Å². The first-order valence-corrected chi connectivity index (χ1v) is 19.7. The number of ether oxygens (including phenoxy) is 3. The number of rotatable bonds is 21. The number of non-ortho nitro benzene ring substituents is 1. The molecule has 0 amide bonds. The van der Waals surface area contributed by atoms with Gasteiger partial charge in [-0.2, -0.15) is 10.5 Å². The van der Waals surface area contributed by atoms with E-state index in [0.717, 1.165) is 87.3 Å². The van der Waals surface area contributed by atoms with Crippen molar-refractivity contribution in [3.05, 3.63) is 45.5 Å². The molecule has 0 radical (unpaired) electrons. The van der Waals surface area contributed by atoms with Gasteiger partial charge in [0.1, 0.15) is 24.2 Å². The van der Waals surface area contributed by atoms with Crippen molar-refractivity contribution in [1.82, 2.24) is 0 Å². The van der Waals surface area contributed by atoms with Crippen LogP contribution in [0.15, 0.2) is 24.3 Å². The monoisotopic (exact) mass is 837 g/mol. The van der Waals surface area contributed by atoms with E-state index in [-0.39, 0.29) is 40.8 Å². The van der Waals surface area contributed by atoms with Crippen LogP contribution >= 0.6 is 23.2 Å². The Morgan fingerprint density at radius 2 is 1.58 bits per heavy atom. The van der Waals surface area contributed by atoms with Crippen LogP contribution in [0.4, 0.5) is 28.4 Å². The zero-order chi connectivity index (χ0) is 43.8. The van der Waals surface area contributed by atoms with Crippen molar-refractivity contribution in [3.63, 3.8) is 0 Å². The number of hydrogen-bond acceptors (Lipinski definition) is 14. The Bertz CT molecular complexity index is 1540. The highest BCUT2D eigenvalue weighted by Gasteiger charge is 2.17. The number of nitriles is 2. The molecule has 0 aliphatic heterocycles. The molecule has 2 rings (SSSR count). The molecule has 0 heterocycles. The SMILES string of the molecule is CC(CC=O)CC(C)(C)C.CCCCl.CNc1cc(N(CCCCOC=O)CCCCOC(=O)CCCl)c(OC)cc1N.N#Cc1cc([N+](=O)[O-])cc(C#N)c1N. The molecule has 15 nitrogen and oxygen atoms in total. The van der Waals surface area contributed by atoms with E-state index in [0.29, 0.717) is 48.9 Å². The average Bonchev–Trinajstić information content (AvgIpc) is 3.16. The number of hydrogen-bond donors (Lipinski definition) is 3. The molecule has 0 saturated heterocycles. The lowest BCUT2D eigenvalue weighted by Crippen LogP contribution is -2.27. The molecule has 57 heavy (non-hydrogen) atoms. The molecule has 17 heteroatoms. The quantitative estimate of drug-likeness (QED) is 0.0204. The van der Waals surface area contributed by atoms with Gasteiger partial charge in [0.2, 0.25) is 0 Å². The second-order valence-electron chi connectivity index (χ2n) is 13.8. The van der Waals surface area contributed by atoms with Crippen LogP contribution in [-0.2, 0) is 23.9 Å². The number of nitro groups is 1. The molecular weight excluding hydrogens is 777 g/mol. The Hall–Kier alpha value is -4.99. The minimum absolute atomic E-state index is 0.0272. The van der Waals surface area contributed by atoms with E-state index in [1.807, 2.05) is 20.0 Å². The summed E-state index contributed by atoms with van der Waals surface area (Å²) in [4.78, 5) is 43.7. The highest BCUT2D eigenvalue weighted by molar-refractivity contribution is 6.18. The van der Waals surface area contributed by atoms with E-state index in [9.17, 15) is 24.5 Å². The summed E-state index contributed by atoms with van der Waals surface area (Å²) in [7, 11) is 3.43. The van der Waals surface area contributed by atoms with Gasteiger partial charge in [-0.25, -0.2) is 0 Å². The Kier molecular flexibility index (Phi) is 30.5. The number of esters is 1. The number of methoxy groups -OCH3 is 1. The standard InChI is InChI=1S/C20H32ClN3O5.C9H18O.C8H4N4O2.C3H7Cl/c1-23-17-14-18(19(27-2)13-16(17)22)24(9-3-5-11-28-15-25)10-4-6-12-29-20(26)7-8-21;1-8(5-6-10)7-9(2,3)4;9-3-5-1-7(12(13)14)2-6(4-10)8(5)11;1-2-3-4/h13-15,23H,3-12,22H2,1-2H3;6,8H,5,7H2,1-4H3;1-2H,11H2;2-3H2,1H3. The maximum atomic E-state index is 11.4. The van der Waals surface area contributed by atoms with Gasteiger partial charge in [0.25, 0.3) is 12.2 Å². The molecule has 318 valence electrons. The molecule has 1 unspecified atom stereocenters. The number of halogens is 2. The molecule has 0 spiro atoms. The fourth-order valence-electron chi connectivity index (χ4n) is 5.06. The Labute approximate surface area is 348 Å². The molecule has 0 aromatic heterocycles. The minimum Gasteiger partial charge on any atom is -0.495 e. The number of aldehydes is 1. The van der Waals surface area contributed by atoms with Crippen LogP contribution in [0.2, 0.25) is 0 Å². The van der Waals surface area contributed by atoms with E-state index < -0.39 is 4.92 Å². The van der Waals surface area contributed by atoms with Crippen LogP contribution in [0.1, 0.15) is 97.1 Å². The van der Waals surface area contributed by atoms with E-state index in [4.69, 9.17) is 59.4 Å². The van der Waals surface area contributed by atoms with Crippen molar-refractivity contribution < 1.29 is 33.5 Å². The van der Waals surface area contributed by atoms with Crippen LogP contribution in [0.25, 0.3) is 0 Å². The normalized spacial score (nSPS) is 10.5. The van der Waals surface area contributed by atoms with Crippen LogP contribution in [0.3, 0.4) is 0 Å². The van der Waals surface area contributed by atoms with E-state index in [1.165, 1.54) is 0 Å². The second kappa shape index (κ2) is 32.1. The van der Waals surface area contributed by atoms with Gasteiger partial charge >= 0.3 is 5.97 Å². The van der Waals surface area contributed by atoms with Crippen molar-refractivity contribution in [3.8, 4) is 17.9 Å². The van der Waals surface area contributed by atoms with E-state index in [2.05, 4.69) is 37.9 Å². The van der Waals surface area contributed by atoms with Crippen molar-refractivity contribution >= 4 is 70.4 Å². The smallest absolute Gasteiger partial charge is 0.306 e. The van der Waals surface area contributed by atoms with Crippen LogP contribution < -0.4 is 26.4 Å². The summed E-state index contributed by atoms with van der Waals surface area (Å²) < 4.78 is 15.5. The summed E-state index contributed by atoms with van der Waals surface area (Å²) in [6, 6.07) is 9.22. The van der Waals surface area contributed by atoms with E-state index >= 15 is 0 Å². The second-order valence-corrected chi connectivity index (χ2v) is 14.5. The summed E-state index contributed by atoms with van der Waals surface area (Å²) >= 11 is 10.7. The Morgan fingerprint density at radius 3 is 2.00 bits per heavy atom. The first-order chi connectivity index (χ1) is 27.0. The zero-order valence-electron chi connectivity index (χ0n) is 34.4. The predicted octanol–water partition coefficient (Wildman–Crippen LogP) is 8.23. The van der Waals surface area contributed by atoms with Crippen molar-refractivity contribution in [2.24, 2.45) is 11.3 Å². The number of carbonyl (C=O) groups is 3. The molecule has 0 saturated carbocycles. The maximum absolute atomic E-state index is 11.4. The van der Waals surface area contributed by atoms with Crippen molar-refractivity contribution in [2.75, 3.05) is 73.9 Å². The molecular formula is C40H61Cl2N7O8. The van der Waals surface area contributed by atoms with Gasteiger partial charge in [-0.3, -0.25) is 19.7 Å². The predicted molar refractivity (Wildman–Crippen MR) is 228 cm³/mol. The number of anilines is 4. The highest BCUT2D eigenvalue weighted by atomic mass is 35.5. The van der Waals surface area contributed by atoms with Gasteiger partial charge in [0.05, 0.1) is 65.5 Å². The number of benzene rings is 2. The summed E-state index contributed by atoms with van der Waals surface area (Å²) in [6.45, 7) is 13.5. The van der Waals surface area contributed by atoms with Gasteiger partial charge in [-0.05, 0) is 55.9 Å². The first-order valence-electron chi connectivity index (χ1n) is 18.6. The fraction of sp³-hybridized carbons (Fsp3) is 0.575. The van der Waals surface area contributed by atoms with Crippen LogP contribution in [0.5, 0.6) is 5.75 Å². The summed E-state index contributed by atoms with van der Waals surface area (Å²) in [5.41, 5.74) is 13.7. The molecule has 0 aliphatic rings. The third-order valence-electron chi connectivity index (χ3n) is 7.62. The number of unbranched alkanes of at least 4 members (excludes halogenated alkanes) is 2. The van der Waals surface area contributed by atoms with Gasteiger partial charge < -0.3 is 40.7 Å². The average molecular weight is 839 g/mol. The lowest BCUT2D eigenvalue weighted by molar-refractivity contribution is -0.384. The third kappa shape index (κ3) is 25.0. The summed E-state index contributed by atoms with van der Waals surface area (Å²) in [5, 5.41) is 30.7. The zero-order valence-corrected chi connectivity index (χ0v) is 35.9. The molecule has 0 aliphatic carbocycles. The highest BCUT2D eigenvalue weighted by Crippen LogP contribution is 2.36. The molecule has 2 aromatic rings. The van der Waals surface area contributed by atoms with Crippen LogP contribution in [0, 0.1) is 44.1 Å². The number of carbonyl (C=O) groups excluding carboxylic acids is 3. The topological polar surface area (TPSA) is 237 Å². The molecule has 5 N–H and O–H groups in total. The van der Waals surface area contributed by atoms with Gasteiger partial charge in [-0.1, -0.05) is 34.6 Å². The summed E-state index contributed by atoms with van der Waals surface area (Å²) in [5.74, 6) is 2.02. The number of nitrogens with zero attached hydrogens (tertiary/aromatic N) is 4. The summed E-state index contributed by atoms with van der Waals surface area (Å²) in [6.07, 6.45) is 7.35. The molecule has 2 aromatic carbocycles. The van der Waals surface area contributed by atoms with Crippen molar-refractivity contribution in [2.45, 2.75) is 86.0 Å². The van der Waals surface area contributed by atoms with Gasteiger partial charge in [0, 0.05) is 56.5 Å². The van der Waals surface area contributed by atoms with Gasteiger partial charge in [-0.15, -0.1) is 23.2 Å². The third-order valence-corrected chi connectivity index (χ3v) is 8.19. The molecule has 0 fully saturated rings. The maximum Gasteiger partial charge on any atom is 0.306 e. The minimum atomic E-state index is -0.679. The lowest BCUT2D eigenvalue weighted by atomic mass is 9.84. The number of nitrogens with one attached hydrogen (secondary N) is 1. The number of nitrogens with two attached hydrogens (primary N) is 2. The number of alkyl halides is 2. The number of nitro benzene ring substituents is 1. The van der Waals surface area contributed by atoms with Gasteiger partial charge in [0.15, 0.2) is 0 Å². The molecule has 0 bridgehead atoms. The Balaban J connectivity index is 0. The Morgan fingerprint density at radius 1 is 1.02 bits per heavy atom. The van der Waals surface area contributed by atoms with Crippen molar-refractivity contribution in [1.29, 1.82) is 10.5 Å². The number of nitrogen functional groups attached to an aromatic ring is 2.